The molecule has 5 nitrogen and oxygen atoms in total. The van der Waals surface area contributed by atoms with Crippen LogP contribution in [0.25, 0.3) is 11.0 Å². The fourth-order valence-corrected chi connectivity index (χ4v) is 3.26. The van der Waals surface area contributed by atoms with Crippen molar-refractivity contribution < 1.29 is 14.9 Å². The average molecular weight is 387 g/mol. The van der Waals surface area contributed by atoms with Gasteiger partial charge in [-0.25, -0.2) is 4.98 Å². The summed E-state index contributed by atoms with van der Waals surface area (Å²) in [6.45, 7) is 7.65. The molecule has 1 unspecified atom stereocenters. The number of aromatic nitrogens is 2. The Bertz CT molecular complexity index is 639. The van der Waals surface area contributed by atoms with Crippen LogP contribution in [0, 0.1) is 0 Å². The number of fused-ring (bicyclic) bond motifs is 1. The van der Waals surface area contributed by atoms with Crippen LogP contribution in [0.3, 0.4) is 0 Å². The fraction of sp³-hybridized carbons (Fsp3) is 0.533. The van der Waals surface area contributed by atoms with Crippen LogP contribution in [0.2, 0.25) is 25.7 Å². The van der Waals surface area contributed by atoms with Crippen molar-refractivity contribution in [2.24, 2.45) is 0 Å². The van der Waals surface area contributed by atoms with Crippen molar-refractivity contribution in [3.8, 4) is 0 Å². The fourth-order valence-electron chi connectivity index (χ4n) is 2.18. The van der Waals surface area contributed by atoms with E-state index in [-0.39, 0.29) is 6.61 Å². The molecule has 22 heavy (non-hydrogen) atoms. The molecular weight excluding hydrogens is 364 g/mol. The number of hydrogen-bond acceptors (Lipinski definition) is 4. The highest BCUT2D eigenvalue weighted by molar-refractivity contribution is 9.10. The lowest BCUT2D eigenvalue weighted by Crippen LogP contribution is -2.22. The maximum absolute atomic E-state index is 10.0. The number of aliphatic hydroxyl groups excluding tert-OH is 2. The Labute approximate surface area is 140 Å². The van der Waals surface area contributed by atoms with E-state index in [2.05, 4.69) is 40.6 Å². The molecular formula is C15H23BrN2O3Si. The summed E-state index contributed by atoms with van der Waals surface area (Å²) >= 11 is 3.35. The molecule has 0 spiro atoms. The van der Waals surface area contributed by atoms with E-state index in [1.165, 1.54) is 0 Å². The lowest BCUT2D eigenvalue weighted by atomic mass is 10.2. The first-order valence-electron chi connectivity index (χ1n) is 7.34. The van der Waals surface area contributed by atoms with Gasteiger partial charge in [-0.2, -0.15) is 0 Å². The number of halogens is 1. The highest BCUT2D eigenvalue weighted by Crippen LogP contribution is 2.25. The average Bonchev–Trinajstić information content (AvgIpc) is 2.79. The lowest BCUT2D eigenvalue weighted by molar-refractivity contribution is 0.0628. The van der Waals surface area contributed by atoms with Crippen LogP contribution in [0.5, 0.6) is 0 Å². The number of rotatable bonds is 7. The molecule has 2 rings (SSSR count). The molecule has 0 amide bonds. The predicted octanol–water partition coefficient (Wildman–Crippen LogP) is 3.14. The van der Waals surface area contributed by atoms with E-state index in [9.17, 15) is 10.2 Å². The van der Waals surface area contributed by atoms with Gasteiger partial charge in [0.05, 0.1) is 23.3 Å². The molecule has 2 heterocycles. The predicted molar refractivity (Wildman–Crippen MR) is 93.6 cm³/mol. The summed E-state index contributed by atoms with van der Waals surface area (Å²) in [4.78, 5) is 4.40. The van der Waals surface area contributed by atoms with E-state index in [0.717, 1.165) is 21.7 Å². The van der Waals surface area contributed by atoms with E-state index in [0.29, 0.717) is 19.0 Å². The molecule has 122 valence electrons. The Kier molecular flexibility index (Phi) is 5.79. The Morgan fingerprint density at radius 2 is 2.09 bits per heavy atom. The van der Waals surface area contributed by atoms with Gasteiger partial charge in [0.25, 0.3) is 0 Å². The molecule has 2 aromatic rings. The van der Waals surface area contributed by atoms with E-state index in [1.807, 2.05) is 16.7 Å². The largest absolute Gasteiger partial charge is 0.393 e. The van der Waals surface area contributed by atoms with E-state index >= 15 is 0 Å². The number of pyridine rings is 1. The van der Waals surface area contributed by atoms with Crippen LogP contribution in [0.1, 0.15) is 11.8 Å². The van der Waals surface area contributed by atoms with Crippen molar-refractivity contribution in [3.63, 3.8) is 0 Å². The van der Waals surface area contributed by atoms with Crippen molar-refractivity contribution >= 4 is 35.0 Å². The van der Waals surface area contributed by atoms with E-state index in [1.54, 1.807) is 6.07 Å². The third-order valence-electron chi connectivity index (χ3n) is 3.49. The van der Waals surface area contributed by atoms with Gasteiger partial charge in [0, 0.05) is 14.7 Å². The standard InChI is InChI=1S/C15H23BrN2O3Si/c1-22(2,3)7-6-21-10-18-12-4-5-15(16)17-11(12)8-13(18)14(20)9-19/h4-5,8,14,19-20H,6-7,9-10H2,1-3H3. The van der Waals surface area contributed by atoms with Crippen LogP contribution < -0.4 is 0 Å². The summed E-state index contributed by atoms with van der Waals surface area (Å²) in [6.07, 6.45) is -0.937. The van der Waals surface area contributed by atoms with Gasteiger partial charge in [-0.15, -0.1) is 0 Å². The van der Waals surface area contributed by atoms with Crippen molar-refractivity contribution in [1.29, 1.82) is 0 Å². The number of hydrogen-bond donors (Lipinski definition) is 2. The second-order valence-corrected chi connectivity index (χ2v) is 13.0. The third-order valence-corrected chi connectivity index (χ3v) is 5.63. The van der Waals surface area contributed by atoms with E-state index in [4.69, 9.17) is 4.74 Å². The SMILES string of the molecule is C[Si](C)(C)CCOCn1c(C(O)CO)cc2nc(Br)ccc21. The molecule has 0 aliphatic rings. The zero-order chi connectivity index (χ0) is 16.3. The molecule has 0 aliphatic carbocycles. The Morgan fingerprint density at radius 1 is 1.36 bits per heavy atom. The van der Waals surface area contributed by atoms with Crippen molar-refractivity contribution in [2.45, 2.75) is 38.5 Å². The van der Waals surface area contributed by atoms with Gasteiger partial charge in [0.15, 0.2) is 0 Å². The molecule has 0 fully saturated rings. The minimum atomic E-state index is -1.12. The zero-order valence-electron chi connectivity index (χ0n) is 13.2. The van der Waals surface area contributed by atoms with Gasteiger partial charge in [0.1, 0.15) is 17.4 Å². The molecule has 0 bridgehead atoms. The van der Waals surface area contributed by atoms with Gasteiger partial charge in [-0.05, 0) is 40.2 Å². The topological polar surface area (TPSA) is 67.5 Å². The zero-order valence-corrected chi connectivity index (χ0v) is 15.8. The number of aliphatic hydroxyl groups is 2. The van der Waals surface area contributed by atoms with E-state index < -0.39 is 14.2 Å². The third kappa shape index (κ3) is 4.39. The van der Waals surface area contributed by atoms with Gasteiger partial charge in [0.2, 0.25) is 0 Å². The van der Waals surface area contributed by atoms with Gasteiger partial charge in [-0.3, -0.25) is 0 Å². The first-order chi connectivity index (χ1) is 10.3. The second kappa shape index (κ2) is 7.23. The summed E-state index contributed by atoms with van der Waals surface area (Å²) < 4.78 is 8.41. The maximum atomic E-state index is 10.0. The van der Waals surface area contributed by atoms with Crippen LogP contribution in [-0.2, 0) is 11.5 Å². The van der Waals surface area contributed by atoms with Crippen LogP contribution >= 0.6 is 15.9 Å². The molecule has 7 heteroatoms. The summed E-state index contributed by atoms with van der Waals surface area (Å²) in [5.74, 6) is 0. The number of nitrogens with zero attached hydrogens (tertiary/aromatic N) is 2. The molecule has 0 saturated carbocycles. The minimum absolute atomic E-state index is 0.327. The molecule has 0 saturated heterocycles. The monoisotopic (exact) mass is 386 g/mol. The summed E-state index contributed by atoms with van der Waals surface area (Å²) in [5, 5.41) is 19.2. The number of ether oxygens (including phenoxy) is 1. The first kappa shape index (κ1) is 17.6. The van der Waals surface area contributed by atoms with Crippen molar-refractivity contribution in [3.05, 3.63) is 28.5 Å². The molecule has 0 aromatic carbocycles. The molecule has 0 radical (unpaired) electrons. The molecule has 2 N–H and O–H groups in total. The summed E-state index contributed by atoms with van der Waals surface area (Å²) in [6, 6.07) is 6.68. The molecule has 2 aromatic heterocycles. The maximum Gasteiger partial charge on any atom is 0.123 e. The van der Waals surface area contributed by atoms with Crippen LogP contribution in [-0.4, -0.2) is 41.1 Å². The Balaban J connectivity index is 2.22. The first-order valence-corrected chi connectivity index (χ1v) is 11.8. The van der Waals surface area contributed by atoms with Gasteiger partial charge in [-0.1, -0.05) is 19.6 Å². The Hall–Kier alpha value is -0.733. The highest BCUT2D eigenvalue weighted by atomic mass is 79.9. The van der Waals surface area contributed by atoms with Gasteiger partial charge >= 0.3 is 0 Å². The van der Waals surface area contributed by atoms with Crippen LogP contribution in [0.15, 0.2) is 22.8 Å². The smallest absolute Gasteiger partial charge is 0.123 e. The minimum Gasteiger partial charge on any atom is -0.393 e. The van der Waals surface area contributed by atoms with Crippen molar-refractivity contribution in [2.75, 3.05) is 13.2 Å². The normalized spacial score (nSPS) is 13.7. The quantitative estimate of drug-likeness (QED) is 0.435. The molecule has 0 aliphatic heterocycles. The van der Waals surface area contributed by atoms with Crippen molar-refractivity contribution in [1.82, 2.24) is 9.55 Å². The summed E-state index contributed by atoms with van der Waals surface area (Å²) in [7, 11) is -1.12. The van der Waals surface area contributed by atoms with Crippen LogP contribution in [0.4, 0.5) is 0 Å². The lowest BCUT2D eigenvalue weighted by Gasteiger charge is -2.17. The highest BCUT2D eigenvalue weighted by Gasteiger charge is 2.17. The summed E-state index contributed by atoms with van der Waals surface area (Å²) in [5.41, 5.74) is 2.28. The molecule has 1 atom stereocenters. The second-order valence-electron chi connectivity index (χ2n) is 6.58. The van der Waals surface area contributed by atoms with Gasteiger partial charge < -0.3 is 19.5 Å². The Morgan fingerprint density at radius 3 is 2.73 bits per heavy atom.